The lowest BCUT2D eigenvalue weighted by atomic mass is 10.2. The van der Waals surface area contributed by atoms with Gasteiger partial charge in [-0.15, -0.1) is 11.3 Å². The van der Waals surface area contributed by atoms with Gasteiger partial charge in [-0.3, -0.25) is 19.0 Å². The molecule has 4 aromatic rings. The van der Waals surface area contributed by atoms with Gasteiger partial charge in [0.2, 0.25) is 17.7 Å². The minimum absolute atomic E-state index is 0.0889. The third-order valence-corrected chi connectivity index (χ3v) is 6.51. The molecule has 2 heterocycles. The highest BCUT2D eigenvalue weighted by Gasteiger charge is 2.20. The predicted octanol–water partition coefficient (Wildman–Crippen LogP) is 3.76. The first kappa shape index (κ1) is 24.9. The van der Waals surface area contributed by atoms with Crippen LogP contribution in [-0.4, -0.2) is 44.3 Å². The Morgan fingerprint density at radius 2 is 1.81 bits per heavy atom. The van der Waals surface area contributed by atoms with E-state index in [0.717, 1.165) is 23.1 Å². The molecule has 0 unspecified atom stereocenters. The van der Waals surface area contributed by atoms with Crippen LogP contribution in [0.4, 0.5) is 10.8 Å². The summed E-state index contributed by atoms with van der Waals surface area (Å²) >= 11 is 2.24. The number of benzene rings is 2. The second kappa shape index (κ2) is 11.1. The molecule has 0 aliphatic carbocycles. The van der Waals surface area contributed by atoms with E-state index in [9.17, 15) is 19.5 Å². The van der Waals surface area contributed by atoms with Crippen molar-refractivity contribution >= 4 is 45.7 Å². The van der Waals surface area contributed by atoms with Crippen molar-refractivity contribution in [3.8, 4) is 28.6 Å². The van der Waals surface area contributed by atoms with Crippen LogP contribution in [0.15, 0.2) is 69.9 Å². The van der Waals surface area contributed by atoms with Crippen LogP contribution in [0.5, 0.6) is 11.6 Å². The molecule has 12 heteroatoms. The van der Waals surface area contributed by atoms with E-state index in [1.165, 1.54) is 22.8 Å². The molecule has 184 valence electrons. The van der Waals surface area contributed by atoms with Gasteiger partial charge in [0.25, 0.3) is 5.56 Å². The Morgan fingerprint density at radius 3 is 2.47 bits per heavy atom. The number of thiazole rings is 1. The summed E-state index contributed by atoms with van der Waals surface area (Å²) in [7, 11) is 1.59. The Bertz CT molecular complexity index is 1450. The Morgan fingerprint density at radius 1 is 1.08 bits per heavy atom. The zero-order chi connectivity index (χ0) is 25.7. The van der Waals surface area contributed by atoms with E-state index in [0.29, 0.717) is 16.5 Å². The van der Waals surface area contributed by atoms with Gasteiger partial charge in [-0.2, -0.15) is 4.98 Å². The van der Waals surface area contributed by atoms with Crippen molar-refractivity contribution < 1.29 is 19.4 Å². The predicted molar refractivity (Wildman–Crippen MR) is 139 cm³/mol. The lowest BCUT2D eigenvalue weighted by Crippen LogP contribution is -2.27. The Kier molecular flexibility index (Phi) is 7.66. The third kappa shape index (κ3) is 5.73. The number of aromatic hydroxyl groups is 1. The average Bonchev–Trinajstić information content (AvgIpc) is 3.34. The second-order valence-corrected chi connectivity index (χ2v) is 9.15. The van der Waals surface area contributed by atoms with Crippen molar-refractivity contribution in [2.75, 3.05) is 23.5 Å². The van der Waals surface area contributed by atoms with Gasteiger partial charge in [0, 0.05) is 17.9 Å². The minimum atomic E-state index is -0.670. The van der Waals surface area contributed by atoms with E-state index >= 15 is 0 Å². The van der Waals surface area contributed by atoms with Gasteiger partial charge in [0.15, 0.2) is 16.0 Å². The van der Waals surface area contributed by atoms with E-state index in [4.69, 9.17) is 4.74 Å². The van der Waals surface area contributed by atoms with Crippen molar-refractivity contribution in [3.63, 3.8) is 0 Å². The maximum atomic E-state index is 13.1. The number of hydrogen-bond acceptors (Lipinski definition) is 9. The number of para-hydroxylation sites is 1. The standard InChI is InChI=1S/C24H21N5O5S2/c1-14(30)25-20-21(32)28-24(29(22(20)33)16-6-4-3-5-7-16)36-13-19(31)27-23-26-18(12-35-23)15-8-10-17(34-2)11-9-15/h3-12,32H,13H2,1-2H3,(H,25,30)(H,26,27,31). The van der Waals surface area contributed by atoms with Crippen molar-refractivity contribution in [1.82, 2.24) is 14.5 Å². The third-order valence-electron chi connectivity index (χ3n) is 4.82. The molecule has 0 saturated heterocycles. The summed E-state index contributed by atoms with van der Waals surface area (Å²) in [6.07, 6.45) is 0. The lowest BCUT2D eigenvalue weighted by Gasteiger charge is -2.14. The molecule has 0 bridgehead atoms. The number of carbonyl (C=O) groups excluding carboxylic acids is 2. The van der Waals surface area contributed by atoms with Gasteiger partial charge in [-0.05, 0) is 36.4 Å². The first-order valence-electron chi connectivity index (χ1n) is 10.6. The fraction of sp³-hybridized carbons (Fsp3) is 0.125. The SMILES string of the molecule is COc1ccc(-c2csc(NC(=O)CSc3nc(O)c(NC(C)=O)c(=O)n3-c3ccccc3)n2)cc1. The Labute approximate surface area is 214 Å². The van der Waals surface area contributed by atoms with Crippen LogP contribution in [0.2, 0.25) is 0 Å². The van der Waals surface area contributed by atoms with Crippen LogP contribution in [0.1, 0.15) is 6.92 Å². The van der Waals surface area contributed by atoms with Crippen molar-refractivity contribution in [2.24, 2.45) is 0 Å². The van der Waals surface area contributed by atoms with Gasteiger partial charge in [0.1, 0.15) is 5.75 Å². The number of thioether (sulfide) groups is 1. The molecule has 0 aliphatic rings. The topological polar surface area (TPSA) is 135 Å². The molecular formula is C24H21N5O5S2. The Balaban J connectivity index is 1.51. The number of hydrogen-bond donors (Lipinski definition) is 3. The molecule has 3 N–H and O–H groups in total. The molecule has 2 aromatic carbocycles. The minimum Gasteiger partial charge on any atom is -0.497 e. The first-order chi connectivity index (χ1) is 17.4. The summed E-state index contributed by atoms with van der Waals surface area (Å²) in [4.78, 5) is 45.7. The van der Waals surface area contributed by atoms with Crippen LogP contribution in [-0.2, 0) is 9.59 Å². The molecule has 0 aliphatic heterocycles. The molecule has 0 saturated carbocycles. The number of aromatic nitrogens is 3. The number of anilines is 2. The molecule has 10 nitrogen and oxygen atoms in total. The van der Waals surface area contributed by atoms with E-state index < -0.39 is 17.3 Å². The zero-order valence-electron chi connectivity index (χ0n) is 19.2. The van der Waals surface area contributed by atoms with Crippen molar-refractivity contribution in [3.05, 3.63) is 70.3 Å². The molecule has 0 fully saturated rings. The summed E-state index contributed by atoms with van der Waals surface area (Å²) in [6.45, 7) is 1.22. The number of methoxy groups -OCH3 is 1. The maximum Gasteiger partial charge on any atom is 0.286 e. The summed E-state index contributed by atoms with van der Waals surface area (Å²) in [5.74, 6) is -0.890. The van der Waals surface area contributed by atoms with Crippen molar-refractivity contribution in [1.29, 1.82) is 0 Å². The summed E-state index contributed by atoms with van der Waals surface area (Å²) in [5.41, 5.74) is 1.05. The molecule has 0 atom stereocenters. The quantitative estimate of drug-likeness (QED) is 0.235. The number of amides is 2. The van der Waals surface area contributed by atoms with Crippen LogP contribution >= 0.6 is 23.1 Å². The number of ether oxygens (including phenoxy) is 1. The monoisotopic (exact) mass is 523 g/mol. The normalized spacial score (nSPS) is 10.6. The molecule has 36 heavy (non-hydrogen) atoms. The number of nitrogens with one attached hydrogen (secondary N) is 2. The van der Waals surface area contributed by atoms with E-state index in [1.807, 2.05) is 29.6 Å². The van der Waals surface area contributed by atoms with Gasteiger partial charge in [0.05, 0.1) is 24.2 Å². The number of rotatable bonds is 8. The summed E-state index contributed by atoms with van der Waals surface area (Å²) in [6, 6.07) is 16.0. The largest absolute Gasteiger partial charge is 0.497 e. The van der Waals surface area contributed by atoms with Gasteiger partial charge in [-0.1, -0.05) is 30.0 Å². The highest BCUT2D eigenvalue weighted by molar-refractivity contribution is 7.99. The molecule has 0 spiro atoms. The van der Waals surface area contributed by atoms with Crippen LogP contribution < -0.4 is 20.9 Å². The van der Waals surface area contributed by atoms with E-state index in [1.54, 1.807) is 37.4 Å². The summed E-state index contributed by atoms with van der Waals surface area (Å²) < 4.78 is 6.39. The Hall–Kier alpha value is -4.16. The smallest absolute Gasteiger partial charge is 0.286 e. The van der Waals surface area contributed by atoms with E-state index in [-0.39, 0.29) is 22.5 Å². The van der Waals surface area contributed by atoms with Crippen LogP contribution in [0, 0.1) is 0 Å². The maximum absolute atomic E-state index is 13.1. The molecular weight excluding hydrogens is 502 g/mol. The zero-order valence-corrected chi connectivity index (χ0v) is 20.9. The van der Waals surface area contributed by atoms with Gasteiger partial charge in [-0.25, -0.2) is 4.98 Å². The average molecular weight is 524 g/mol. The first-order valence-corrected chi connectivity index (χ1v) is 12.4. The highest BCUT2D eigenvalue weighted by atomic mass is 32.2. The highest BCUT2D eigenvalue weighted by Crippen LogP contribution is 2.28. The van der Waals surface area contributed by atoms with Gasteiger partial charge >= 0.3 is 0 Å². The number of carbonyl (C=O) groups is 2. The fourth-order valence-corrected chi connectivity index (χ4v) is 4.73. The van der Waals surface area contributed by atoms with Crippen LogP contribution in [0.3, 0.4) is 0 Å². The fourth-order valence-electron chi connectivity index (χ4n) is 3.19. The molecule has 0 radical (unpaired) electrons. The molecule has 2 amide bonds. The summed E-state index contributed by atoms with van der Waals surface area (Å²) in [5, 5.41) is 17.7. The lowest BCUT2D eigenvalue weighted by molar-refractivity contribution is -0.114. The van der Waals surface area contributed by atoms with Crippen molar-refractivity contribution in [2.45, 2.75) is 12.1 Å². The van der Waals surface area contributed by atoms with Gasteiger partial charge < -0.3 is 20.5 Å². The van der Waals surface area contributed by atoms with E-state index in [2.05, 4.69) is 20.6 Å². The second-order valence-electron chi connectivity index (χ2n) is 7.35. The number of nitrogens with zero attached hydrogens (tertiary/aromatic N) is 3. The van der Waals surface area contributed by atoms with Crippen LogP contribution in [0.25, 0.3) is 16.9 Å². The molecule has 4 rings (SSSR count). The molecule has 2 aromatic heterocycles.